The molecule has 0 aliphatic rings. The second kappa shape index (κ2) is 7.44. The molecular weight excluding hydrogens is 300 g/mol. The molecule has 0 unspecified atom stereocenters. The van der Waals surface area contributed by atoms with Crippen molar-refractivity contribution in [1.82, 2.24) is 5.32 Å². The van der Waals surface area contributed by atoms with Crippen LogP contribution >= 0.6 is 0 Å². The molecule has 0 amide bonds. The average Bonchev–Trinajstić information content (AvgIpc) is 2.36. The largest absolute Gasteiger partial charge is 0.495 e. The average molecular weight is 328 g/mol. The maximum absolute atomic E-state index is 11.6. The van der Waals surface area contributed by atoms with Crippen LogP contribution in [0, 0.1) is 5.41 Å². The Balaban J connectivity index is 2.74. The Hall–Kier alpha value is -1.11. The fourth-order valence-corrected chi connectivity index (χ4v) is 2.94. The van der Waals surface area contributed by atoms with Gasteiger partial charge in [0, 0.05) is 6.04 Å². The first-order valence-corrected chi connectivity index (χ1v) is 9.00. The smallest absolute Gasteiger partial charge is 0.241 e. The van der Waals surface area contributed by atoms with Gasteiger partial charge in [0.25, 0.3) is 0 Å². The van der Waals surface area contributed by atoms with Gasteiger partial charge in [-0.25, -0.2) is 13.6 Å². The van der Waals surface area contributed by atoms with E-state index in [9.17, 15) is 8.42 Å². The van der Waals surface area contributed by atoms with Crippen molar-refractivity contribution in [1.29, 1.82) is 0 Å². The predicted octanol–water partition coefficient (Wildman–Crippen LogP) is 2.30. The number of hydrogen-bond donors (Lipinski definition) is 2. The van der Waals surface area contributed by atoms with Gasteiger partial charge in [-0.15, -0.1) is 0 Å². The van der Waals surface area contributed by atoms with Gasteiger partial charge in [-0.2, -0.15) is 0 Å². The molecular formula is C16H28N2O3S. The molecule has 0 spiro atoms. The van der Waals surface area contributed by atoms with Crippen LogP contribution in [0.2, 0.25) is 0 Å². The summed E-state index contributed by atoms with van der Waals surface area (Å²) in [4.78, 5) is 0.0365. The molecule has 1 atom stereocenters. The topological polar surface area (TPSA) is 81.4 Å². The zero-order valence-corrected chi connectivity index (χ0v) is 15.0. The highest BCUT2D eigenvalue weighted by Crippen LogP contribution is 2.24. The number of primary sulfonamides is 1. The number of sulfonamides is 1. The lowest BCUT2D eigenvalue weighted by Crippen LogP contribution is -2.31. The van der Waals surface area contributed by atoms with Crippen molar-refractivity contribution in [3.8, 4) is 5.75 Å². The van der Waals surface area contributed by atoms with Crippen LogP contribution in [0.1, 0.15) is 39.7 Å². The molecule has 22 heavy (non-hydrogen) atoms. The van der Waals surface area contributed by atoms with Crippen LogP contribution in [0.4, 0.5) is 0 Å². The Labute approximate surface area is 134 Å². The van der Waals surface area contributed by atoms with E-state index in [0.29, 0.717) is 5.41 Å². The molecule has 1 aromatic carbocycles. The van der Waals surface area contributed by atoms with Crippen molar-refractivity contribution in [2.45, 2.75) is 51.5 Å². The summed E-state index contributed by atoms with van der Waals surface area (Å²) in [6.45, 7) is 9.65. The van der Waals surface area contributed by atoms with Gasteiger partial charge in [0.1, 0.15) is 10.6 Å². The molecule has 3 N–H and O–H groups in total. The first-order chi connectivity index (χ1) is 10.0. The molecule has 0 radical (unpaired) electrons. The van der Waals surface area contributed by atoms with E-state index >= 15 is 0 Å². The standard InChI is InChI=1S/C16H28N2O3S/c1-12(18-9-8-16(2,3)4)10-13-6-7-14(21-5)15(11-13)22(17,19)20/h6-7,11-12,18H,8-10H2,1-5H3,(H2,17,19,20)/t12-/m1/s1. The van der Waals surface area contributed by atoms with Gasteiger partial charge in [-0.3, -0.25) is 0 Å². The number of nitrogens with two attached hydrogens (primary N) is 1. The van der Waals surface area contributed by atoms with E-state index in [1.165, 1.54) is 7.11 Å². The highest BCUT2D eigenvalue weighted by atomic mass is 32.2. The summed E-state index contributed by atoms with van der Waals surface area (Å²) < 4.78 is 28.3. The number of nitrogens with one attached hydrogen (secondary N) is 1. The Bertz CT molecular complexity index is 592. The van der Waals surface area contributed by atoms with Crippen LogP contribution < -0.4 is 15.2 Å². The molecule has 0 saturated heterocycles. The van der Waals surface area contributed by atoms with Crippen molar-refractivity contribution < 1.29 is 13.2 Å². The van der Waals surface area contributed by atoms with Crippen LogP contribution in [0.3, 0.4) is 0 Å². The lowest BCUT2D eigenvalue weighted by atomic mass is 9.92. The summed E-state index contributed by atoms with van der Waals surface area (Å²) in [5.41, 5.74) is 1.22. The van der Waals surface area contributed by atoms with Crippen LogP contribution in [0.5, 0.6) is 5.75 Å². The van der Waals surface area contributed by atoms with Crippen molar-refractivity contribution in [2.24, 2.45) is 10.6 Å². The van der Waals surface area contributed by atoms with Gasteiger partial charge >= 0.3 is 0 Å². The monoisotopic (exact) mass is 328 g/mol. The normalized spacial score (nSPS) is 13.9. The summed E-state index contributed by atoms with van der Waals surface area (Å²) in [5.74, 6) is 0.277. The Morgan fingerprint density at radius 1 is 1.32 bits per heavy atom. The van der Waals surface area contributed by atoms with Crippen molar-refractivity contribution >= 4 is 10.0 Å². The molecule has 0 bridgehead atoms. The van der Waals surface area contributed by atoms with Gasteiger partial charge < -0.3 is 10.1 Å². The highest BCUT2D eigenvalue weighted by Gasteiger charge is 2.16. The first-order valence-electron chi connectivity index (χ1n) is 7.46. The number of methoxy groups -OCH3 is 1. The van der Waals surface area contributed by atoms with E-state index in [1.807, 2.05) is 6.07 Å². The van der Waals surface area contributed by atoms with Crippen LogP contribution in [-0.2, 0) is 16.4 Å². The fourth-order valence-electron chi connectivity index (χ4n) is 2.19. The third-order valence-corrected chi connectivity index (χ3v) is 4.38. The van der Waals surface area contributed by atoms with Gasteiger partial charge in [0.05, 0.1) is 7.11 Å². The number of hydrogen-bond acceptors (Lipinski definition) is 4. The van der Waals surface area contributed by atoms with Gasteiger partial charge in [0.2, 0.25) is 10.0 Å². The molecule has 0 heterocycles. The second-order valence-electron chi connectivity index (χ2n) is 6.90. The van der Waals surface area contributed by atoms with Gasteiger partial charge in [0.15, 0.2) is 0 Å². The molecule has 126 valence electrons. The quantitative estimate of drug-likeness (QED) is 0.805. The van der Waals surface area contributed by atoms with Gasteiger partial charge in [-0.1, -0.05) is 26.8 Å². The van der Waals surface area contributed by atoms with Gasteiger partial charge in [-0.05, 0) is 49.4 Å². The minimum Gasteiger partial charge on any atom is -0.495 e. The molecule has 1 aromatic rings. The maximum Gasteiger partial charge on any atom is 0.241 e. The lowest BCUT2D eigenvalue weighted by molar-refractivity contribution is 0.356. The summed E-state index contributed by atoms with van der Waals surface area (Å²) in [6.07, 6.45) is 1.82. The molecule has 0 saturated carbocycles. The molecule has 0 aliphatic heterocycles. The Kier molecular flexibility index (Phi) is 6.40. The van der Waals surface area contributed by atoms with Crippen molar-refractivity contribution in [3.05, 3.63) is 23.8 Å². The number of ether oxygens (including phenoxy) is 1. The molecule has 1 rings (SSSR count). The molecule has 5 nitrogen and oxygen atoms in total. The highest BCUT2D eigenvalue weighted by molar-refractivity contribution is 7.89. The molecule has 6 heteroatoms. The lowest BCUT2D eigenvalue weighted by Gasteiger charge is -2.21. The Morgan fingerprint density at radius 2 is 1.95 bits per heavy atom. The third kappa shape index (κ3) is 6.34. The van der Waals surface area contributed by atoms with Crippen molar-refractivity contribution in [3.63, 3.8) is 0 Å². The minimum absolute atomic E-state index is 0.0365. The predicted molar refractivity (Wildman–Crippen MR) is 89.6 cm³/mol. The van der Waals surface area contributed by atoms with E-state index in [0.717, 1.165) is 24.9 Å². The van der Waals surface area contributed by atoms with Crippen molar-refractivity contribution in [2.75, 3.05) is 13.7 Å². The minimum atomic E-state index is -3.79. The second-order valence-corrected chi connectivity index (χ2v) is 8.43. The zero-order chi connectivity index (χ0) is 17.0. The summed E-state index contributed by atoms with van der Waals surface area (Å²) in [7, 11) is -2.35. The molecule has 0 fully saturated rings. The zero-order valence-electron chi connectivity index (χ0n) is 14.1. The van der Waals surface area contributed by atoms with E-state index in [-0.39, 0.29) is 16.7 Å². The van der Waals surface area contributed by atoms with E-state index in [4.69, 9.17) is 9.88 Å². The SMILES string of the molecule is COc1ccc(C[C@@H](C)NCCC(C)(C)C)cc1S(N)(=O)=O. The van der Waals surface area contributed by atoms with Crippen LogP contribution in [0.15, 0.2) is 23.1 Å². The maximum atomic E-state index is 11.6. The fraction of sp³-hybridized carbons (Fsp3) is 0.625. The van der Waals surface area contributed by atoms with E-state index in [1.54, 1.807) is 12.1 Å². The van der Waals surface area contributed by atoms with Crippen LogP contribution in [0.25, 0.3) is 0 Å². The number of benzene rings is 1. The summed E-state index contributed by atoms with van der Waals surface area (Å²) in [6, 6.07) is 5.37. The number of rotatable bonds is 7. The summed E-state index contributed by atoms with van der Waals surface area (Å²) >= 11 is 0. The first kappa shape index (κ1) is 18.9. The Morgan fingerprint density at radius 3 is 2.45 bits per heavy atom. The molecule has 0 aromatic heterocycles. The third-order valence-electron chi connectivity index (χ3n) is 3.44. The van der Waals surface area contributed by atoms with Crippen LogP contribution in [-0.4, -0.2) is 28.1 Å². The van der Waals surface area contributed by atoms with E-state index in [2.05, 4.69) is 33.0 Å². The summed E-state index contributed by atoms with van der Waals surface area (Å²) in [5, 5.41) is 8.70. The molecule has 0 aliphatic carbocycles. The van der Waals surface area contributed by atoms with E-state index < -0.39 is 10.0 Å².